The van der Waals surface area contributed by atoms with Crippen LogP contribution in [0.3, 0.4) is 0 Å². The zero-order valence-electron chi connectivity index (χ0n) is 16.8. The Morgan fingerprint density at radius 3 is 2.84 bits per heavy atom. The molecule has 0 aromatic carbocycles. The fourth-order valence-corrected chi connectivity index (χ4v) is 3.78. The van der Waals surface area contributed by atoms with Crippen LogP contribution in [0.2, 0.25) is 0 Å². The monoisotopic (exact) mass is 421 g/mol. The Morgan fingerprint density at radius 1 is 1.13 bits per heavy atom. The summed E-state index contributed by atoms with van der Waals surface area (Å²) in [6.45, 7) is 2.42. The van der Waals surface area contributed by atoms with Gasteiger partial charge in [-0.25, -0.2) is 15.0 Å². The predicted octanol–water partition coefficient (Wildman–Crippen LogP) is 1.82. The fourth-order valence-electron chi connectivity index (χ4n) is 3.78. The van der Waals surface area contributed by atoms with Crippen molar-refractivity contribution in [1.82, 2.24) is 29.4 Å². The second-order valence-electron chi connectivity index (χ2n) is 7.42. The number of morpholine rings is 1. The van der Waals surface area contributed by atoms with Crippen molar-refractivity contribution in [3.63, 3.8) is 0 Å². The van der Waals surface area contributed by atoms with E-state index in [0.29, 0.717) is 43.2 Å². The number of nitrogens with zero attached hydrogens (tertiary/aromatic N) is 6. The third kappa shape index (κ3) is 4.26. The van der Waals surface area contributed by atoms with Gasteiger partial charge in [0.1, 0.15) is 18.3 Å². The van der Waals surface area contributed by atoms with Gasteiger partial charge in [-0.05, 0) is 29.8 Å². The molecule has 160 valence electrons. The van der Waals surface area contributed by atoms with E-state index in [0.717, 1.165) is 11.3 Å². The van der Waals surface area contributed by atoms with E-state index in [1.165, 1.54) is 6.33 Å². The molecule has 2 atom stereocenters. The van der Waals surface area contributed by atoms with Crippen LogP contribution in [0.15, 0.2) is 60.0 Å². The van der Waals surface area contributed by atoms with E-state index in [-0.39, 0.29) is 18.9 Å². The molecule has 10 nitrogen and oxygen atoms in total. The lowest BCUT2D eigenvalue weighted by atomic mass is 10.2. The largest absolute Gasteiger partial charge is 0.468 e. The van der Waals surface area contributed by atoms with E-state index >= 15 is 0 Å². The molecule has 5 rings (SSSR count). The van der Waals surface area contributed by atoms with Crippen LogP contribution in [-0.2, 0) is 17.8 Å². The molecule has 0 saturated carbocycles. The first-order valence-electron chi connectivity index (χ1n) is 10.1. The second kappa shape index (κ2) is 8.80. The lowest BCUT2D eigenvalue weighted by molar-refractivity contribution is -0.136. The van der Waals surface area contributed by atoms with E-state index in [1.807, 2.05) is 28.8 Å². The normalized spacial score (nSPS) is 19.6. The van der Waals surface area contributed by atoms with Gasteiger partial charge < -0.3 is 19.6 Å². The number of fused-ring (bicyclic) bond motifs is 1. The highest BCUT2D eigenvalue weighted by Crippen LogP contribution is 2.26. The molecule has 0 amide bonds. The zero-order valence-corrected chi connectivity index (χ0v) is 16.8. The molecule has 1 fully saturated rings. The van der Waals surface area contributed by atoms with Crippen LogP contribution in [0.1, 0.15) is 17.6 Å². The number of nitrogens with one attached hydrogen (secondary N) is 1. The van der Waals surface area contributed by atoms with Crippen molar-refractivity contribution in [2.75, 3.05) is 25.0 Å². The lowest BCUT2D eigenvalue weighted by Crippen LogP contribution is -2.46. The first kappa shape index (κ1) is 19.6. The van der Waals surface area contributed by atoms with E-state index in [1.54, 1.807) is 25.0 Å². The maximum Gasteiger partial charge on any atom is 0.167 e. The molecule has 0 unspecified atom stereocenters. The van der Waals surface area contributed by atoms with Gasteiger partial charge in [-0.1, -0.05) is 0 Å². The number of pyridine rings is 1. The molecule has 0 aliphatic carbocycles. The van der Waals surface area contributed by atoms with Crippen LogP contribution in [0, 0.1) is 0 Å². The standard InChI is InChI=1S/C21H23N7O3/c29-12-17-10-27(9-16-2-1-7-30-16)11-18(31-17)28-14-26-19-20(24-13-25-21(19)28)23-8-15-3-5-22-6-4-15/h1-7,13-14,17-18,29H,8-12H2,(H,23,24,25)/t17-,18+/m0/s1. The smallest absolute Gasteiger partial charge is 0.167 e. The van der Waals surface area contributed by atoms with E-state index in [2.05, 4.69) is 30.2 Å². The maximum atomic E-state index is 9.75. The Bertz CT molecular complexity index is 1120. The number of aliphatic hydroxyl groups excluding tert-OH is 1. The minimum atomic E-state index is -0.339. The van der Waals surface area contributed by atoms with Crippen molar-refractivity contribution in [2.45, 2.75) is 25.4 Å². The molecule has 1 saturated heterocycles. The van der Waals surface area contributed by atoms with Gasteiger partial charge in [0.25, 0.3) is 0 Å². The number of rotatable bonds is 7. The number of imidazole rings is 1. The van der Waals surface area contributed by atoms with Gasteiger partial charge in [0, 0.05) is 32.0 Å². The molecule has 0 bridgehead atoms. The number of hydrogen-bond acceptors (Lipinski definition) is 9. The predicted molar refractivity (Wildman–Crippen MR) is 112 cm³/mol. The number of anilines is 1. The lowest BCUT2D eigenvalue weighted by Gasteiger charge is -2.37. The Morgan fingerprint density at radius 2 is 2.03 bits per heavy atom. The van der Waals surface area contributed by atoms with Gasteiger partial charge in [0.15, 0.2) is 17.0 Å². The molecule has 10 heteroatoms. The maximum absolute atomic E-state index is 9.75. The average Bonchev–Trinajstić information content (AvgIpc) is 3.48. The molecule has 0 spiro atoms. The quantitative estimate of drug-likeness (QED) is 0.461. The Hall–Kier alpha value is -3.34. The van der Waals surface area contributed by atoms with Crippen LogP contribution < -0.4 is 5.32 Å². The molecular weight excluding hydrogens is 398 g/mol. The van der Waals surface area contributed by atoms with Crippen molar-refractivity contribution < 1.29 is 14.3 Å². The van der Waals surface area contributed by atoms with Gasteiger partial charge in [0.05, 0.1) is 31.8 Å². The highest BCUT2D eigenvalue weighted by Gasteiger charge is 2.30. The van der Waals surface area contributed by atoms with Gasteiger partial charge >= 0.3 is 0 Å². The summed E-state index contributed by atoms with van der Waals surface area (Å²) in [6, 6.07) is 7.71. The molecule has 4 aromatic heterocycles. The van der Waals surface area contributed by atoms with Crippen LogP contribution >= 0.6 is 0 Å². The molecule has 4 aromatic rings. The summed E-state index contributed by atoms with van der Waals surface area (Å²) in [6.07, 6.45) is 7.76. The first-order valence-corrected chi connectivity index (χ1v) is 10.1. The van der Waals surface area contributed by atoms with Crippen LogP contribution in [0.25, 0.3) is 11.2 Å². The van der Waals surface area contributed by atoms with Crippen LogP contribution in [0.5, 0.6) is 0 Å². The van der Waals surface area contributed by atoms with Crippen molar-refractivity contribution in [3.8, 4) is 0 Å². The second-order valence-corrected chi connectivity index (χ2v) is 7.42. The molecule has 5 heterocycles. The van der Waals surface area contributed by atoms with Crippen molar-refractivity contribution in [2.24, 2.45) is 0 Å². The summed E-state index contributed by atoms with van der Waals surface area (Å²) in [7, 11) is 0. The minimum Gasteiger partial charge on any atom is -0.468 e. The Kier molecular flexibility index (Phi) is 5.57. The summed E-state index contributed by atoms with van der Waals surface area (Å²) in [5.41, 5.74) is 2.44. The number of ether oxygens (including phenoxy) is 1. The third-order valence-corrected chi connectivity index (χ3v) is 5.27. The highest BCUT2D eigenvalue weighted by atomic mass is 16.5. The molecule has 1 aliphatic rings. The summed E-state index contributed by atoms with van der Waals surface area (Å²) in [5, 5.41) is 13.1. The molecular formula is C21H23N7O3. The van der Waals surface area contributed by atoms with E-state index in [4.69, 9.17) is 9.15 Å². The molecule has 0 radical (unpaired) electrons. The van der Waals surface area contributed by atoms with Gasteiger partial charge in [-0.15, -0.1) is 0 Å². The van der Waals surface area contributed by atoms with Crippen molar-refractivity contribution in [3.05, 3.63) is 66.9 Å². The van der Waals surface area contributed by atoms with E-state index < -0.39 is 0 Å². The zero-order chi connectivity index (χ0) is 21.0. The van der Waals surface area contributed by atoms with Crippen molar-refractivity contribution in [1.29, 1.82) is 0 Å². The molecule has 1 aliphatic heterocycles. The molecule has 31 heavy (non-hydrogen) atoms. The summed E-state index contributed by atoms with van der Waals surface area (Å²) < 4.78 is 13.5. The number of hydrogen-bond donors (Lipinski definition) is 2. The van der Waals surface area contributed by atoms with Crippen molar-refractivity contribution >= 4 is 17.0 Å². The van der Waals surface area contributed by atoms with E-state index in [9.17, 15) is 5.11 Å². The van der Waals surface area contributed by atoms with Crippen LogP contribution in [0.4, 0.5) is 5.82 Å². The SMILES string of the molecule is OC[C@@H]1CN(Cc2ccco2)C[C@H](n2cnc3c(NCc4ccncc4)ncnc32)O1. The highest BCUT2D eigenvalue weighted by molar-refractivity contribution is 5.82. The third-order valence-electron chi connectivity index (χ3n) is 5.27. The topological polar surface area (TPSA) is 114 Å². The number of aromatic nitrogens is 5. The number of aliphatic hydroxyl groups is 1. The fraction of sp³-hybridized carbons (Fsp3) is 0.333. The first-order chi connectivity index (χ1) is 15.3. The van der Waals surface area contributed by atoms with Gasteiger partial charge in [-0.2, -0.15) is 0 Å². The summed E-state index contributed by atoms with van der Waals surface area (Å²) >= 11 is 0. The summed E-state index contributed by atoms with van der Waals surface area (Å²) in [5.74, 6) is 1.53. The Labute approximate surface area is 178 Å². The average molecular weight is 421 g/mol. The minimum absolute atomic E-state index is 0.0640. The van der Waals surface area contributed by atoms with Gasteiger partial charge in [0.2, 0.25) is 0 Å². The van der Waals surface area contributed by atoms with Gasteiger partial charge in [-0.3, -0.25) is 14.5 Å². The Balaban J connectivity index is 1.37. The molecule has 2 N–H and O–H groups in total. The summed E-state index contributed by atoms with van der Waals surface area (Å²) in [4.78, 5) is 19.6. The number of furan rings is 1. The van der Waals surface area contributed by atoms with Crippen LogP contribution in [-0.4, -0.2) is 60.3 Å².